The van der Waals surface area contributed by atoms with Crippen LogP contribution in [0.4, 0.5) is 13.2 Å². The van der Waals surface area contributed by atoms with E-state index < -0.39 is 11.7 Å². The van der Waals surface area contributed by atoms with E-state index in [1.807, 2.05) is 6.92 Å². The molecule has 1 heterocycles. The summed E-state index contributed by atoms with van der Waals surface area (Å²) in [5.74, 6) is 0. The van der Waals surface area contributed by atoms with E-state index in [4.69, 9.17) is 5.11 Å². The number of aliphatic hydroxyl groups excluding tert-OH is 1. The second kappa shape index (κ2) is 4.93. The third-order valence-electron chi connectivity index (χ3n) is 2.76. The summed E-state index contributed by atoms with van der Waals surface area (Å²) in [6.45, 7) is 1.89. The van der Waals surface area contributed by atoms with E-state index in [2.05, 4.69) is 4.99 Å². The molecule has 0 saturated carbocycles. The Balaban J connectivity index is 2.19. The van der Waals surface area contributed by atoms with Gasteiger partial charge in [0.05, 0.1) is 28.5 Å². The summed E-state index contributed by atoms with van der Waals surface area (Å²) in [4.78, 5) is 4.34. The Morgan fingerprint density at radius 1 is 1.28 bits per heavy atom. The molecular weight excluding hydrogens is 263 g/mol. The van der Waals surface area contributed by atoms with Crippen LogP contribution in [0.15, 0.2) is 29.3 Å². The molecule has 2 nitrogen and oxygen atoms in total. The van der Waals surface area contributed by atoms with Gasteiger partial charge >= 0.3 is 6.18 Å². The van der Waals surface area contributed by atoms with Gasteiger partial charge in [-0.25, -0.2) is 0 Å². The maximum atomic E-state index is 12.4. The van der Waals surface area contributed by atoms with Crippen molar-refractivity contribution in [3.63, 3.8) is 0 Å². The normalized spacial score (nSPS) is 24.2. The van der Waals surface area contributed by atoms with Gasteiger partial charge < -0.3 is 5.11 Å². The number of hydrogen-bond acceptors (Lipinski definition) is 3. The number of nitrogens with zero attached hydrogens (tertiary/aromatic N) is 1. The molecule has 1 aromatic carbocycles. The summed E-state index contributed by atoms with van der Waals surface area (Å²) in [5.41, 5.74) is -0.00240. The number of thioether (sulfide) groups is 1. The molecule has 0 aliphatic carbocycles. The lowest BCUT2D eigenvalue weighted by Crippen LogP contribution is -2.17. The first-order valence-corrected chi connectivity index (χ1v) is 6.32. The fraction of sp³-hybridized carbons (Fsp3) is 0.417. The molecule has 98 valence electrons. The molecule has 0 radical (unpaired) electrons. The number of aliphatic hydroxyl groups is 1. The largest absolute Gasteiger partial charge is 0.416 e. The van der Waals surface area contributed by atoms with Crippen LogP contribution in [0.25, 0.3) is 0 Å². The molecule has 2 unspecified atom stereocenters. The summed E-state index contributed by atoms with van der Waals surface area (Å²) in [6.07, 6.45) is -4.32. The molecule has 2 rings (SSSR count). The fourth-order valence-corrected chi connectivity index (χ4v) is 2.79. The van der Waals surface area contributed by atoms with Crippen LogP contribution >= 0.6 is 11.8 Å². The molecule has 1 aliphatic rings. The zero-order valence-electron chi connectivity index (χ0n) is 9.61. The molecule has 1 aromatic rings. The van der Waals surface area contributed by atoms with Gasteiger partial charge in [0.2, 0.25) is 0 Å². The molecule has 0 bridgehead atoms. The lowest BCUT2D eigenvalue weighted by Gasteiger charge is -2.08. The third-order valence-corrected chi connectivity index (χ3v) is 4.17. The number of aliphatic imine (C=N–C) groups is 1. The van der Waals surface area contributed by atoms with Crippen molar-refractivity contribution in [2.75, 3.05) is 6.61 Å². The van der Waals surface area contributed by atoms with Gasteiger partial charge in [-0.3, -0.25) is 4.99 Å². The molecule has 1 N–H and O–H groups in total. The van der Waals surface area contributed by atoms with Crippen molar-refractivity contribution in [2.24, 2.45) is 4.99 Å². The van der Waals surface area contributed by atoms with E-state index in [0.717, 1.165) is 12.1 Å². The van der Waals surface area contributed by atoms with Crippen molar-refractivity contribution in [3.8, 4) is 0 Å². The van der Waals surface area contributed by atoms with Crippen LogP contribution in [0.5, 0.6) is 0 Å². The van der Waals surface area contributed by atoms with Crippen molar-refractivity contribution in [2.45, 2.75) is 24.4 Å². The Bertz CT molecular complexity index is 455. The van der Waals surface area contributed by atoms with Crippen LogP contribution in [-0.4, -0.2) is 28.0 Å². The molecule has 0 saturated heterocycles. The highest BCUT2D eigenvalue weighted by atomic mass is 32.2. The molecule has 18 heavy (non-hydrogen) atoms. The van der Waals surface area contributed by atoms with Gasteiger partial charge in [0, 0.05) is 5.56 Å². The lowest BCUT2D eigenvalue weighted by atomic mass is 10.1. The fourth-order valence-electron chi connectivity index (χ4n) is 1.67. The molecule has 1 aliphatic heterocycles. The zero-order valence-corrected chi connectivity index (χ0v) is 10.4. The van der Waals surface area contributed by atoms with Gasteiger partial charge in [-0.1, -0.05) is 23.9 Å². The van der Waals surface area contributed by atoms with E-state index in [1.54, 1.807) is 0 Å². The van der Waals surface area contributed by atoms with Crippen molar-refractivity contribution >= 4 is 16.8 Å². The average Bonchev–Trinajstić information content (AvgIpc) is 2.69. The predicted octanol–water partition coefficient (Wildman–Crippen LogP) is 2.95. The van der Waals surface area contributed by atoms with Crippen molar-refractivity contribution in [1.82, 2.24) is 0 Å². The number of halogens is 3. The van der Waals surface area contributed by atoms with Crippen LogP contribution in [0, 0.1) is 0 Å². The van der Waals surface area contributed by atoms with Crippen LogP contribution in [0.2, 0.25) is 0 Å². The van der Waals surface area contributed by atoms with Crippen LogP contribution in [-0.2, 0) is 6.18 Å². The van der Waals surface area contributed by atoms with Gasteiger partial charge in [0.1, 0.15) is 0 Å². The lowest BCUT2D eigenvalue weighted by molar-refractivity contribution is -0.137. The van der Waals surface area contributed by atoms with Crippen molar-refractivity contribution < 1.29 is 18.3 Å². The summed E-state index contributed by atoms with van der Waals surface area (Å²) >= 11 is 1.40. The Kier molecular flexibility index (Phi) is 3.68. The molecule has 0 amide bonds. The van der Waals surface area contributed by atoms with E-state index in [9.17, 15) is 13.2 Å². The van der Waals surface area contributed by atoms with Gasteiger partial charge in [-0.05, 0) is 19.1 Å². The first kappa shape index (κ1) is 13.4. The van der Waals surface area contributed by atoms with E-state index in [1.165, 1.54) is 23.9 Å². The Labute approximate surface area is 107 Å². The maximum absolute atomic E-state index is 12.4. The first-order chi connectivity index (χ1) is 8.41. The Hall–Kier alpha value is -1.01. The molecule has 0 spiro atoms. The van der Waals surface area contributed by atoms with Crippen LogP contribution in [0.1, 0.15) is 18.1 Å². The standard InChI is InChI=1S/C12H12F3NOS/c1-7-10(6-17)18-11(16-7)8-2-4-9(5-3-8)12(13,14)15/h2-5,7,10,17H,6H2,1H3. The first-order valence-electron chi connectivity index (χ1n) is 5.45. The minimum atomic E-state index is -4.32. The van der Waals surface area contributed by atoms with E-state index >= 15 is 0 Å². The number of alkyl halides is 3. The summed E-state index contributed by atoms with van der Waals surface area (Å²) in [7, 11) is 0. The number of rotatable bonds is 2. The topological polar surface area (TPSA) is 32.6 Å². The zero-order chi connectivity index (χ0) is 13.3. The van der Waals surface area contributed by atoms with E-state index in [0.29, 0.717) is 10.6 Å². The van der Waals surface area contributed by atoms with Crippen LogP contribution < -0.4 is 0 Å². The quantitative estimate of drug-likeness (QED) is 0.900. The summed E-state index contributed by atoms with van der Waals surface area (Å²) < 4.78 is 37.2. The van der Waals surface area contributed by atoms with Crippen molar-refractivity contribution in [1.29, 1.82) is 0 Å². The summed E-state index contributed by atoms with van der Waals surface area (Å²) in [6, 6.07) is 4.92. The monoisotopic (exact) mass is 275 g/mol. The highest BCUT2D eigenvalue weighted by molar-refractivity contribution is 8.15. The number of hydrogen-bond donors (Lipinski definition) is 1. The molecule has 0 fully saturated rings. The van der Waals surface area contributed by atoms with Gasteiger partial charge in [-0.2, -0.15) is 13.2 Å². The van der Waals surface area contributed by atoms with Gasteiger partial charge in [-0.15, -0.1) is 0 Å². The molecule has 6 heteroatoms. The third kappa shape index (κ3) is 2.70. The highest BCUT2D eigenvalue weighted by Crippen LogP contribution is 2.32. The van der Waals surface area contributed by atoms with Gasteiger partial charge in [0.15, 0.2) is 0 Å². The second-order valence-electron chi connectivity index (χ2n) is 4.09. The Morgan fingerprint density at radius 3 is 2.33 bits per heavy atom. The molecular formula is C12H12F3NOS. The smallest absolute Gasteiger partial charge is 0.395 e. The second-order valence-corrected chi connectivity index (χ2v) is 5.32. The predicted molar refractivity (Wildman–Crippen MR) is 65.9 cm³/mol. The molecule has 2 atom stereocenters. The minimum Gasteiger partial charge on any atom is -0.395 e. The minimum absolute atomic E-state index is 0.0118. The number of benzene rings is 1. The van der Waals surface area contributed by atoms with E-state index in [-0.39, 0.29) is 17.9 Å². The van der Waals surface area contributed by atoms with Crippen LogP contribution in [0.3, 0.4) is 0 Å². The van der Waals surface area contributed by atoms with Crippen molar-refractivity contribution in [3.05, 3.63) is 35.4 Å². The summed E-state index contributed by atoms with van der Waals surface area (Å²) in [5, 5.41) is 9.79. The highest BCUT2D eigenvalue weighted by Gasteiger charge is 2.31. The Morgan fingerprint density at radius 2 is 1.89 bits per heavy atom. The molecule has 0 aromatic heterocycles. The van der Waals surface area contributed by atoms with Gasteiger partial charge in [0.25, 0.3) is 0 Å². The average molecular weight is 275 g/mol. The SMILES string of the molecule is CC1N=C(c2ccc(C(F)(F)F)cc2)SC1CO. The maximum Gasteiger partial charge on any atom is 0.416 e.